The number of carbonyl (C=O) groups excluding carboxylic acids is 1. The van der Waals surface area contributed by atoms with Crippen LogP contribution >= 0.6 is 11.6 Å². The summed E-state index contributed by atoms with van der Waals surface area (Å²) in [4.78, 5) is 18.9. The van der Waals surface area contributed by atoms with E-state index in [-0.39, 0.29) is 11.7 Å². The summed E-state index contributed by atoms with van der Waals surface area (Å²) >= 11 is 6.12. The van der Waals surface area contributed by atoms with Gasteiger partial charge in [-0.1, -0.05) is 24.6 Å². The number of rotatable bonds is 4. The van der Waals surface area contributed by atoms with Gasteiger partial charge < -0.3 is 4.90 Å². The van der Waals surface area contributed by atoms with Crippen LogP contribution in [0.2, 0.25) is 5.02 Å². The molecule has 2 saturated heterocycles. The number of benzene rings is 1. The molecular formula is C19H27ClFN3O. The van der Waals surface area contributed by atoms with Crippen molar-refractivity contribution in [2.75, 3.05) is 45.8 Å². The summed E-state index contributed by atoms with van der Waals surface area (Å²) in [5, 5.41) is 0.483. The Hall–Kier alpha value is -1.17. The van der Waals surface area contributed by atoms with E-state index >= 15 is 0 Å². The molecule has 0 radical (unpaired) electrons. The zero-order chi connectivity index (χ0) is 17.8. The van der Waals surface area contributed by atoms with Crippen LogP contribution in [-0.2, 0) is 11.3 Å². The molecular weight excluding hydrogens is 341 g/mol. The molecule has 0 atom stereocenters. The number of likely N-dealkylation sites (tertiary alicyclic amines) is 1. The number of halogens is 2. The highest BCUT2D eigenvalue weighted by atomic mass is 35.5. The van der Waals surface area contributed by atoms with Crippen molar-refractivity contribution in [2.45, 2.75) is 26.3 Å². The highest BCUT2D eigenvalue weighted by Gasteiger charge is 2.24. The third-order valence-corrected chi connectivity index (χ3v) is 5.76. The van der Waals surface area contributed by atoms with Crippen LogP contribution < -0.4 is 0 Å². The predicted molar refractivity (Wildman–Crippen MR) is 98.1 cm³/mol. The van der Waals surface area contributed by atoms with E-state index in [4.69, 9.17) is 11.6 Å². The fourth-order valence-corrected chi connectivity index (χ4v) is 3.78. The Bertz CT molecular complexity index is 576. The van der Waals surface area contributed by atoms with Crippen LogP contribution in [0.3, 0.4) is 0 Å². The molecule has 0 N–H and O–H groups in total. The SMILES string of the molecule is CC1CCN(C(=O)CN2CCN(Cc3c(F)cccc3Cl)CC2)CC1. The zero-order valence-electron chi connectivity index (χ0n) is 14.9. The van der Waals surface area contributed by atoms with E-state index in [1.54, 1.807) is 12.1 Å². The lowest BCUT2D eigenvalue weighted by atomic mass is 9.99. The first kappa shape index (κ1) is 18.6. The van der Waals surface area contributed by atoms with Gasteiger partial charge in [-0.25, -0.2) is 4.39 Å². The molecule has 0 spiro atoms. The van der Waals surface area contributed by atoms with Gasteiger partial charge in [0.2, 0.25) is 5.91 Å². The minimum atomic E-state index is -0.246. The number of piperidine rings is 1. The smallest absolute Gasteiger partial charge is 0.236 e. The second-order valence-corrected chi connectivity index (χ2v) is 7.72. The lowest BCUT2D eigenvalue weighted by molar-refractivity contribution is -0.134. The molecule has 1 aromatic carbocycles. The molecule has 2 aliphatic heterocycles. The van der Waals surface area contributed by atoms with Crippen LogP contribution in [0.25, 0.3) is 0 Å². The highest BCUT2D eigenvalue weighted by Crippen LogP contribution is 2.21. The Morgan fingerprint density at radius 1 is 1.12 bits per heavy atom. The van der Waals surface area contributed by atoms with Crippen LogP contribution in [0.5, 0.6) is 0 Å². The van der Waals surface area contributed by atoms with E-state index < -0.39 is 0 Å². The molecule has 2 fully saturated rings. The highest BCUT2D eigenvalue weighted by molar-refractivity contribution is 6.31. The third kappa shape index (κ3) is 4.93. The number of hydrogen-bond donors (Lipinski definition) is 0. The maximum atomic E-state index is 13.9. The van der Waals surface area contributed by atoms with Crippen molar-refractivity contribution < 1.29 is 9.18 Å². The first-order valence-electron chi connectivity index (χ1n) is 9.18. The van der Waals surface area contributed by atoms with Crippen molar-refractivity contribution in [1.29, 1.82) is 0 Å². The van der Waals surface area contributed by atoms with Gasteiger partial charge in [-0.15, -0.1) is 0 Å². The molecule has 1 amide bonds. The van der Waals surface area contributed by atoms with Crippen molar-refractivity contribution in [3.05, 3.63) is 34.6 Å². The molecule has 0 unspecified atom stereocenters. The molecule has 138 valence electrons. The van der Waals surface area contributed by atoms with Crippen molar-refractivity contribution in [1.82, 2.24) is 14.7 Å². The van der Waals surface area contributed by atoms with E-state index in [1.807, 2.05) is 4.90 Å². The summed E-state index contributed by atoms with van der Waals surface area (Å²) in [7, 11) is 0. The Morgan fingerprint density at radius 2 is 1.76 bits per heavy atom. The molecule has 2 heterocycles. The van der Waals surface area contributed by atoms with Gasteiger partial charge in [-0.3, -0.25) is 14.6 Å². The van der Waals surface area contributed by atoms with Gasteiger partial charge in [0.1, 0.15) is 5.82 Å². The van der Waals surface area contributed by atoms with E-state index in [9.17, 15) is 9.18 Å². The first-order valence-corrected chi connectivity index (χ1v) is 9.56. The standard InChI is InChI=1S/C19H27ClFN3O/c1-15-5-7-24(8-6-15)19(25)14-23-11-9-22(10-12-23)13-16-17(20)3-2-4-18(16)21/h2-4,15H,5-14H2,1H3. The monoisotopic (exact) mass is 367 g/mol. The van der Waals surface area contributed by atoms with Crippen LogP contribution in [0.4, 0.5) is 4.39 Å². The summed E-state index contributed by atoms with van der Waals surface area (Å²) < 4.78 is 13.9. The molecule has 6 heteroatoms. The Kier molecular flexibility index (Phi) is 6.31. The van der Waals surface area contributed by atoms with Crippen LogP contribution in [0.1, 0.15) is 25.3 Å². The lowest BCUT2D eigenvalue weighted by Gasteiger charge is -2.36. The lowest BCUT2D eigenvalue weighted by Crippen LogP contribution is -2.50. The second-order valence-electron chi connectivity index (χ2n) is 7.32. The summed E-state index contributed by atoms with van der Waals surface area (Å²) in [6.07, 6.45) is 2.23. The maximum Gasteiger partial charge on any atom is 0.236 e. The molecule has 0 saturated carbocycles. The number of nitrogens with zero attached hydrogens (tertiary/aromatic N) is 3. The fourth-order valence-electron chi connectivity index (χ4n) is 3.56. The number of carbonyl (C=O) groups is 1. The summed E-state index contributed by atoms with van der Waals surface area (Å²) in [5.74, 6) is 0.736. The molecule has 3 rings (SSSR count). The largest absolute Gasteiger partial charge is 0.342 e. The van der Waals surface area contributed by atoms with Gasteiger partial charge in [0.15, 0.2) is 0 Å². The van der Waals surface area contributed by atoms with E-state index in [1.165, 1.54) is 6.07 Å². The van der Waals surface area contributed by atoms with Crippen LogP contribution in [-0.4, -0.2) is 66.4 Å². The number of amides is 1. The molecule has 4 nitrogen and oxygen atoms in total. The van der Waals surface area contributed by atoms with Crippen LogP contribution in [0.15, 0.2) is 18.2 Å². The fraction of sp³-hybridized carbons (Fsp3) is 0.632. The Labute approximate surface area is 154 Å². The average molecular weight is 368 g/mol. The first-order chi connectivity index (χ1) is 12.0. The zero-order valence-corrected chi connectivity index (χ0v) is 15.6. The van der Waals surface area contributed by atoms with Gasteiger partial charge in [0, 0.05) is 56.4 Å². The molecule has 25 heavy (non-hydrogen) atoms. The second kappa shape index (κ2) is 8.47. The number of piperazine rings is 1. The van der Waals surface area contributed by atoms with Gasteiger partial charge >= 0.3 is 0 Å². The van der Waals surface area contributed by atoms with Gasteiger partial charge in [0.05, 0.1) is 6.54 Å². The van der Waals surface area contributed by atoms with Gasteiger partial charge in [-0.05, 0) is 30.9 Å². The quantitative estimate of drug-likeness (QED) is 0.818. The maximum absolute atomic E-state index is 13.9. The van der Waals surface area contributed by atoms with Gasteiger partial charge in [0.25, 0.3) is 0 Å². The predicted octanol–water partition coefficient (Wildman–Crippen LogP) is 2.86. The average Bonchev–Trinajstić information content (AvgIpc) is 2.60. The van der Waals surface area contributed by atoms with E-state index in [2.05, 4.69) is 16.7 Å². The summed E-state index contributed by atoms with van der Waals surface area (Å²) in [6, 6.07) is 4.82. The Balaban J connectivity index is 1.45. The van der Waals surface area contributed by atoms with Crippen molar-refractivity contribution in [3.8, 4) is 0 Å². The molecule has 0 bridgehead atoms. The topological polar surface area (TPSA) is 26.8 Å². The normalized spacial score (nSPS) is 20.8. The summed E-state index contributed by atoms with van der Waals surface area (Å²) in [6.45, 7) is 8.40. The van der Waals surface area contributed by atoms with E-state index in [0.717, 1.165) is 58.0 Å². The van der Waals surface area contributed by atoms with Crippen molar-refractivity contribution in [3.63, 3.8) is 0 Å². The van der Waals surface area contributed by atoms with Crippen LogP contribution in [0, 0.1) is 11.7 Å². The minimum absolute atomic E-state index is 0.246. The molecule has 0 aliphatic carbocycles. The minimum Gasteiger partial charge on any atom is -0.342 e. The summed E-state index contributed by atoms with van der Waals surface area (Å²) in [5.41, 5.74) is 0.566. The number of hydrogen-bond acceptors (Lipinski definition) is 3. The van der Waals surface area contributed by atoms with Crippen molar-refractivity contribution in [2.24, 2.45) is 5.92 Å². The van der Waals surface area contributed by atoms with Gasteiger partial charge in [-0.2, -0.15) is 0 Å². The van der Waals surface area contributed by atoms with Crippen molar-refractivity contribution >= 4 is 17.5 Å². The Morgan fingerprint density at radius 3 is 2.40 bits per heavy atom. The third-order valence-electron chi connectivity index (χ3n) is 5.40. The molecule has 2 aliphatic rings. The molecule has 0 aromatic heterocycles. The molecule has 1 aromatic rings. The van der Waals surface area contributed by atoms with E-state index in [0.29, 0.717) is 23.7 Å².